The minimum atomic E-state index is 0.871. The molecule has 0 saturated heterocycles. The van der Waals surface area contributed by atoms with Gasteiger partial charge in [0, 0.05) is 23.8 Å². The van der Waals surface area contributed by atoms with Crippen LogP contribution < -0.4 is 9.80 Å². The summed E-state index contributed by atoms with van der Waals surface area (Å²) in [5.41, 5.74) is 7.88. The largest absolute Gasteiger partial charge is 0.328 e. The van der Waals surface area contributed by atoms with Gasteiger partial charge < -0.3 is 9.80 Å². The molecule has 0 fully saturated rings. The lowest BCUT2D eigenvalue weighted by Crippen LogP contribution is -2.26. The summed E-state index contributed by atoms with van der Waals surface area (Å²) in [5.74, 6) is 0. The second-order valence-electron chi connectivity index (χ2n) is 5.91. The van der Waals surface area contributed by atoms with Crippen LogP contribution in [0.15, 0.2) is 48.8 Å². The highest BCUT2D eigenvalue weighted by Gasteiger charge is 2.19. The van der Waals surface area contributed by atoms with Crippen molar-refractivity contribution < 1.29 is 0 Å². The molecule has 0 saturated carbocycles. The van der Waals surface area contributed by atoms with Crippen LogP contribution in [0.5, 0.6) is 0 Å². The molecule has 0 radical (unpaired) electrons. The molecular formula is C19H22N2. The van der Waals surface area contributed by atoms with E-state index in [1.165, 1.54) is 33.6 Å². The second-order valence-corrected chi connectivity index (χ2v) is 5.91. The zero-order valence-electron chi connectivity index (χ0n) is 13.2. The first kappa shape index (κ1) is 13.7. The fraction of sp³-hybridized carbons (Fsp3) is 0.263. The molecule has 1 aliphatic rings. The van der Waals surface area contributed by atoms with Gasteiger partial charge in [0.15, 0.2) is 0 Å². The zero-order valence-corrected chi connectivity index (χ0v) is 13.2. The first-order valence-electron chi connectivity index (χ1n) is 7.41. The van der Waals surface area contributed by atoms with E-state index in [0.717, 1.165) is 6.67 Å². The standard InChI is InChI=1S/C19H22N2/c1-14-8-9-18(17(4)12-14)20-10-11-21(13-20)19-15(2)6-5-7-16(19)3/h5-12H,13H2,1-4H3. The number of anilines is 2. The highest BCUT2D eigenvalue weighted by atomic mass is 15.3. The van der Waals surface area contributed by atoms with Gasteiger partial charge in [0.05, 0.1) is 6.67 Å². The summed E-state index contributed by atoms with van der Waals surface area (Å²) in [6, 6.07) is 13.1. The van der Waals surface area contributed by atoms with Crippen molar-refractivity contribution in [3.8, 4) is 0 Å². The first-order valence-corrected chi connectivity index (χ1v) is 7.41. The monoisotopic (exact) mass is 278 g/mol. The summed E-state index contributed by atoms with van der Waals surface area (Å²) in [4.78, 5) is 4.63. The third kappa shape index (κ3) is 2.54. The van der Waals surface area contributed by atoms with Gasteiger partial charge in [0.2, 0.25) is 0 Å². The van der Waals surface area contributed by atoms with Gasteiger partial charge in [-0.15, -0.1) is 0 Å². The van der Waals surface area contributed by atoms with Crippen LogP contribution in [-0.2, 0) is 0 Å². The summed E-state index contributed by atoms with van der Waals surface area (Å²) in [7, 11) is 0. The van der Waals surface area contributed by atoms with E-state index in [1.54, 1.807) is 0 Å². The van der Waals surface area contributed by atoms with Crippen LogP contribution in [0.25, 0.3) is 0 Å². The second kappa shape index (κ2) is 5.28. The lowest BCUT2D eigenvalue weighted by atomic mass is 10.1. The average molecular weight is 278 g/mol. The maximum Gasteiger partial charge on any atom is 0.0989 e. The highest BCUT2D eigenvalue weighted by Crippen LogP contribution is 2.30. The third-order valence-corrected chi connectivity index (χ3v) is 4.12. The minimum absolute atomic E-state index is 0.871. The van der Waals surface area contributed by atoms with Crippen molar-refractivity contribution in [3.05, 3.63) is 71.1 Å². The topological polar surface area (TPSA) is 6.48 Å². The molecule has 0 bridgehead atoms. The lowest BCUT2D eigenvalue weighted by Gasteiger charge is -2.25. The molecule has 21 heavy (non-hydrogen) atoms. The Balaban J connectivity index is 1.88. The molecule has 2 aromatic rings. The van der Waals surface area contributed by atoms with Crippen LogP contribution >= 0.6 is 0 Å². The van der Waals surface area contributed by atoms with Crippen molar-refractivity contribution in [1.82, 2.24) is 0 Å². The van der Waals surface area contributed by atoms with Crippen LogP contribution in [0.1, 0.15) is 22.3 Å². The van der Waals surface area contributed by atoms with Gasteiger partial charge in [-0.2, -0.15) is 0 Å². The smallest absolute Gasteiger partial charge is 0.0989 e. The summed E-state index contributed by atoms with van der Waals surface area (Å²) in [6.45, 7) is 9.54. The van der Waals surface area contributed by atoms with E-state index in [0.29, 0.717) is 0 Å². The average Bonchev–Trinajstić information content (AvgIpc) is 2.87. The van der Waals surface area contributed by atoms with Crippen LogP contribution in [0.2, 0.25) is 0 Å². The van der Waals surface area contributed by atoms with Crippen molar-refractivity contribution >= 4 is 11.4 Å². The van der Waals surface area contributed by atoms with Gasteiger partial charge >= 0.3 is 0 Å². The summed E-state index contributed by atoms with van der Waals surface area (Å²) >= 11 is 0. The maximum atomic E-state index is 2.32. The van der Waals surface area contributed by atoms with E-state index >= 15 is 0 Å². The molecule has 3 rings (SSSR count). The van der Waals surface area contributed by atoms with E-state index in [4.69, 9.17) is 0 Å². The van der Waals surface area contributed by atoms with Crippen LogP contribution in [0.4, 0.5) is 11.4 Å². The van der Waals surface area contributed by atoms with Crippen molar-refractivity contribution in [2.75, 3.05) is 16.5 Å². The molecule has 2 aromatic carbocycles. The number of hydrogen-bond acceptors (Lipinski definition) is 2. The van der Waals surface area contributed by atoms with Crippen LogP contribution in [0, 0.1) is 27.7 Å². The summed E-state index contributed by atoms with van der Waals surface area (Å²) in [6.07, 6.45) is 4.35. The Hall–Kier alpha value is -2.22. The molecule has 2 heteroatoms. The number of rotatable bonds is 2. The Morgan fingerprint density at radius 1 is 0.762 bits per heavy atom. The minimum Gasteiger partial charge on any atom is -0.328 e. The summed E-state index contributed by atoms with van der Waals surface area (Å²) < 4.78 is 0. The molecule has 0 spiro atoms. The number of hydrogen-bond donors (Lipinski definition) is 0. The molecule has 0 unspecified atom stereocenters. The fourth-order valence-electron chi connectivity index (χ4n) is 3.11. The van der Waals surface area contributed by atoms with E-state index in [9.17, 15) is 0 Å². The molecule has 108 valence electrons. The van der Waals surface area contributed by atoms with Gasteiger partial charge in [0.25, 0.3) is 0 Å². The van der Waals surface area contributed by atoms with E-state index in [1.807, 2.05) is 0 Å². The van der Waals surface area contributed by atoms with E-state index in [2.05, 4.69) is 86.3 Å². The SMILES string of the molecule is Cc1ccc(N2C=CN(c3c(C)cccc3C)C2)c(C)c1. The normalized spacial score (nSPS) is 14.1. The van der Waals surface area contributed by atoms with E-state index < -0.39 is 0 Å². The molecule has 0 atom stereocenters. The van der Waals surface area contributed by atoms with Crippen molar-refractivity contribution in [1.29, 1.82) is 0 Å². The van der Waals surface area contributed by atoms with Crippen LogP contribution in [0.3, 0.4) is 0 Å². The lowest BCUT2D eigenvalue weighted by molar-refractivity contribution is 0.960. The van der Waals surface area contributed by atoms with E-state index in [-0.39, 0.29) is 0 Å². The van der Waals surface area contributed by atoms with Crippen molar-refractivity contribution in [2.24, 2.45) is 0 Å². The van der Waals surface area contributed by atoms with Gasteiger partial charge in [-0.3, -0.25) is 0 Å². The molecule has 0 amide bonds. The Labute approximate surface area is 127 Å². The fourth-order valence-corrected chi connectivity index (χ4v) is 3.11. The number of para-hydroxylation sites is 1. The highest BCUT2D eigenvalue weighted by molar-refractivity contribution is 5.66. The molecule has 0 N–H and O–H groups in total. The van der Waals surface area contributed by atoms with Crippen molar-refractivity contribution in [3.63, 3.8) is 0 Å². The Morgan fingerprint density at radius 3 is 2.10 bits per heavy atom. The Kier molecular flexibility index (Phi) is 3.46. The maximum absolute atomic E-state index is 2.32. The zero-order chi connectivity index (χ0) is 15.0. The van der Waals surface area contributed by atoms with Gasteiger partial charge in [-0.1, -0.05) is 35.9 Å². The molecule has 0 aliphatic carbocycles. The quantitative estimate of drug-likeness (QED) is 0.787. The van der Waals surface area contributed by atoms with Gasteiger partial charge in [-0.25, -0.2) is 0 Å². The molecular weight excluding hydrogens is 256 g/mol. The predicted molar refractivity (Wildman–Crippen MR) is 90.8 cm³/mol. The molecule has 1 aliphatic heterocycles. The van der Waals surface area contributed by atoms with Crippen molar-refractivity contribution in [2.45, 2.75) is 27.7 Å². The molecule has 2 nitrogen and oxygen atoms in total. The molecule has 1 heterocycles. The van der Waals surface area contributed by atoms with Gasteiger partial charge in [-0.05, 0) is 50.5 Å². The number of benzene rings is 2. The first-order chi connectivity index (χ1) is 10.1. The van der Waals surface area contributed by atoms with Crippen LogP contribution in [-0.4, -0.2) is 6.67 Å². The number of nitrogens with zero attached hydrogens (tertiary/aromatic N) is 2. The Morgan fingerprint density at radius 2 is 1.43 bits per heavy atom. The number of aryl methyl sites for hydroxylation is 4. The third-order valence-electron chi connectivity index (χ3n) is 4.12. The predicted octanol–water partition coefficient (Wildman–Crippen LogP) is 4.68. The Bertz CT molecular complexity index is 680. The summed E-state index contributed by atoms with van der Waals surface area (Å²) in [5, 5.41) is 0. The molecule has 0 aromatic heterocycles. The van der Waals surface area contributed by atoms with Gasteiger partial charge in [0.1, 0.15) is 0 Å².